The van der Waals surface area contributed by atoms with Crippen molar-refractivity contribution in [1.29, 1.82) is 0 Å². The molecule has 0 spiro atoms. The maximum atomic E-state index is 3.39. The highest BCUT2D eigenvalue weighted by Gasteiger charge is 1.85. The van der Waals surface area contributed by atoms with Crippen molar-refractivity contribution in [2.24, 2.45) is 0 Å². The van der Waals surface area contributed by atoms with Crippen molar-refractivity contribution in [3.05, 3.63) is 46.5 Å². The summed E-state index contributed by atoms with van der Waals surface area (Å²) >= 11 is 3.39. The summed E-state index contributed by atoms with van der Waals surface area (Å²) in [6.45, 7) is 2.20. The van der Waals surface area contributed by atoms with Gasteiger partial charge in [0.25, 0.3) is 0 Å². The fourth-order valence-electron chi connectivity index (χ4n) is 1.12. The van der Waals surface area contributed by atoms with Gasteiger partial charge in [0.2, 0.25) is 0 Å². The lowest BCUT2D eigenvalue weighted by molar-refractivity contribution is 0.815. The zero-order valence-electron chi connectivity index (χ0n) is 8.96. The molecular weight excluding hydrogens is 248 g/mol. The van der Waals surface area contributed by atoms with E-state index in [-0.39, 0.29) is 0 Å². The molecule has 0 unspecified atom stereocenters. The van der Waals surface area contributed by atoms with Crippen LogP contribution in [0, 0.1) is 11.8 Å². The number of hydrogen-bond acceptors (Lipinski definition) is 0. The van der Waals surface area contributed by atoms with Gasteiger partial charge in [-0.15, -0.1) is 0 Å². The minimum Gasteiger partial charge on any atom is -0.0761 e. The first-order valence-corrected chi connectivity index (χ1v) is 6.04. The van der Waals surface area contributed by atoms with Crippen LogP contribution in [-0.4, -0.2) is 0 Å². The van der Waals surface area contributed by atoms with E-state index >= 15 is 0 Å². The first-order valence-electron chi connectivity index (χ1n) is 5.25. The van der Waals surface area contributed by atoms with Crippen molar-refractivity contribution in [3.8, 4) is 11.8 Å². The lowest BCUT2D eigenvalue weighted by atomic mass is 10.2. The second-order valence-electron chi connectivity index (χ2n) is 3.32. The molecule has 1 aromatic rings. The summed E-state index contributed by atoms with van der Waals surface area (Å²) in [6.07, 6.45) is 7.69. The number of benzene rings is 1. The number of hydrogen-bond donors (Lipinski definition) is 0. The van der Waals surface area contributed by atoms with Gasteiger partial charge in [0.05, 0.1) is 0 Å². The molecule has 0 aliphatic rings. The molecular formula is C14H15Br. The van der Waals surface area contributed by atoms with Gasteiger partial charge in [-0.1, -0.05) is 53.6 Å². The van der Waals surface area contributed by atoms with Gasteiger partial charge in [0, 0.05) is 10.0 Å². The van der Waals surface area contributed by atoms with E-state index in [0.717, 1.165) is 16.5 Å². The van der Waals surface area contributed by atoms with Crippen LogP contribution in [0.5, 0.6) is 0 Å². The summed E-state index contributed by atoms with van der Waals surface area (Å²) in [5.74, 6) is 6.13. The molecule has 1 rings (SSSR count). The van der Waals surface area contributed by atoms with Crippen molar-refractivity contribution >= 4 is 15.9 Å². The van der Waals surface area contributed by atoms with Gasteiger partial charge >= 0.3 is 0 Å². The van der Waals surface area contributed by atoms with Gasteiger partial charge in [-0.25, -0.2) is 0 Å². The second kappa shape index (κ2) is 7.31. The SMILES string of the molecule is CCCC/C=C/C#Cc1ccc(Br)cc1. The Balaban J connectivity index is 2.44. The molecule has 0 aliphatic heterocycles. The smallest absolute Gasteiger partial charge is 0.0249 e. The Hall–Kier alpha value is -1.000. The maximum Gasteiger partial charge on any atom is 0.0249 e. The Morgan fingerprint density at radius 3 is 2.67 bits per heavy atom. The average molecular weight is 263 g/mol. The fourth-order valence-corrected chi connectivity index (χ4v) is 1.39. The molecule has 0 fully saturated rings. The van der Waals surface area contributed by atoms with E-state index < -0.39 is 0 Å². The number of rotatable bonds is 3. The van der Waals surface area contributed by atoms with Gasteiger partial charge < -0.3 is 0 Å². The van der Waals surface area contributed by atoms with Gasteiger partial charge in [-0.05, 0) is 36.8 Å². The molecule has 0 amide bonds. The first kappa shape index (κ1) is 12.1. The molecule has 0 nitrogen and oxygen atoms in total. The van der Waals surface area contributed by atoms with E-state index in [1.54, 1.807) is 0 Å². The zero-order chi connectivity index (χ0) is 10.9. The summed E-state index contributed by atoms with van der Waals surface area (Å²) < 4.78 is 1.09. The first-order chi connectivity index (χ1) is 7.33. The molecule has 15 heavy (non-hydrogen) atoms. The van der Waals surface area contributed by atoms with E-state index in [4.69, 9.17) is 0 Å². The Kier molecular flexibility index (Phi) is 5.88. The third-order valence-electron chi connectivity index (χ3n) is 1.99. The van der Waals surface area contributed by atoms with Crippen LogP contribution < -0.4 is 0 Å². The summed E-state index contributed by atoms with van der Waals surface area (Å²) in [7, 11) is 0. The Bertz CT molecular complexity index is 363. The summed E-state index contributed by atoms with van der Waals surface area (Å²) in [4.78, 5) is 0. The predicted molar refractivity (Wildman–Crippen MR) is 69.7 cm³/mol. The molecule has 0 heterocycles. The molecule has 78 valence electrons. The second-order valence-corrected chi connectivity index (χ2v) is 4.24. The number of halogens is 1. The standard InChI is InChI=1S/C14H15Br/c1-2-3-4-5-6-7-8-13-9-11-14(15)12-10-13/h5-6,9-12H,2-4H2,1H3/b6-5+. The van der Waals surface area contributed by atoms with Crippen molar-refractivity contribution in [2.45, 2.75) is 26.2 Å². The van der Waals surface area contributed by atoms with Crippen LogP contribution in [-0.2, 0) is 0 Å². The highest BCUT2D eigenvalue weighted by Crippen LogP contribution is 2.09. The van der Waals surface area contributed by atoms with E-state index in [1.807, 2.05) is 30.3 Å². The molecule has 0 N–H and O–H groups in total. The van der Waals surface area contributed by atoms with Crippen LogP contribution in [0.2, 0.25) is 0 Å². The number of unbranched alkanes of at least 4 members (excludes halogenated alkanes) is 2. The largest absolute Gasteiger partial charge is 0.0761 e. The van der Waals surface area contributed by atoms with Crippen LogP contribution in [0.1, 0.15) is 31.7 Å². The molecule has 0 saturated heterocycles. The van der Waals surface area contributed by atoms with E-state index in [2.05, 4.69) is 40.8 Å². The average Bonchev–Trinajstić information content (AvgIpc) is 2.26. The van der Waals surface area contributed by atoms with Crippen molar-refractivity contribution in [3.63, 3.8) is 0 Å². The van der Waals surface area contributed by atoms with Crippen LogP contribution in [0.4, 0.5) is 0 Å². The lowest BCUT2D eigenvalue weighted by Gasteiger charge is -1.89. The van der Waals surface area contributed by atoms with E-state index in [0.29, 0.717) is 0 Å². The third-order valence-corrected chi connectivity index (χ3v) is 2.51. The maximum absolute atomic E-state index is 3.39. The highest BCUT2D eigenvalue weighted by molar-refractivity contribution is 9.10. The topological polar surface area (TPSA) is 0 Å². The molecule has 1 heteroatoms. The van der Waals surface area contributed by atoms with E-state index in [1.165, 1.54) is 12.8 Å². The molecule has 0 saturated carbocycles. The van der Waals surface area contributed by atoms with Crippen molar-refractivity contribution in [2.75, 3.05) is 0 Å². The molecule has 0 radical (unpaired) electrons. The highest BCUT2D eigenvalue weighted by atomic mass is 79.9. The molecule has 0 atom stereocenters. The van der Waals surface area contributed by atoms with E-state index in [9.17, 15) is 0 Å². The minimum atomic E-state index is 1.05. The lowest BCUT2D eigenvalue weighted by Crippen LogP contribution is -1.71. The fraction of sp³-hybridized carbons (Fsp3) is 0.286. The minimum absolute atomic E-state index is 1.05. The van der Waals surface area contributed by atoms with Crippen molar-refractivity contribution in [1.82, 2.24) is 0 Å². The van der Waals surface area contributed by atoms with Gasteiger partial charge in [0.15, 0.2) is 0 Å². The summed E-state index contributed by atoms with van der Waals surface area (Å²) in [5.41, 5.74) is 1.05. The summed E-state index contributed by atoms with van der Waals surface area (Å²) in [5, 5.41) is 0. The molecule has 1 aromatic carbocycles. The molecule has 0 aliphatic carbocycles. The number of allylic oxidation sites excluding steroid dienone is 2. The van der Waals surface area contributed by atoms with Crippen molar-refractivity contribution < 1.29 is 0 Å². The third kappa shape index (κ3) is 5.44. The predicted octanol–water partition coefficient (Wildman–Crippen LogP) is 4.55. The van der Waals surface area contributed by atoms with Crippen LogP contribution in [0.3, 0.4) is 0 Å². The van der Waals surface area contributed by atoms with Gasteiger partial charge in [-0.3, -0.25) is 0 Å². The monoisotopic (exact) mass is 262 g/mol. The van der Waals surface area contributed by atoms with Crippen LogP contribution in [0.25, 0.3) is 0 Å². The Labute approximate surface area is 101 Å². The zero-order valence-corrected chi connectivity index (χ0v) is 10.5. The quantitative estimate of drug-likeness (QED) is 0.554. The Morgan fingerprint density at radius 1 is 1.27 bits per heavy atom. The van der Waals surface area contributed by atoms with Gasteiger partial charge in [-0.2, -0.15) is 0 Å². The normalized spacial score (nSPS) is 10.0. The molecule has 0 bridgehead atoms. The van der Waals surface area contributed by atoms with Crippen LogP contribution in [0.15, 0.2) is 40.9 Å². The van der Waals surface area contributed by atoms with Crippen LogP contribution >= 0.6 is 15.9 Å². The molecule has 0 aromatic heterocycles. The Morgan fingerprint density at radius 2 is 2.00 bits per heavy atom. The van der Waals surface area contributed by atoms with Gasteiger partial charge in [0.1, 0.15) is 0 Å². The summed E-state index contributed by atoms with van der Waals surface area (Å²) in [6, 6.07) is 8.03.